The highest BCUT2D eigenvalue weighted by Gasteiger charge is 2.48. The number of fused-ring (bicyclic) bond motifs is 1. The minimum atomic E-state index is -0.0374. The zero-order valence-electron chi connectivity index (χ0n) is 9.47. The number of hydrogen-bond donors (Lipinski definition) is 0. The third kappa shape index (κ3) is 1.43. The van der Waals surface area contributed by atoms with Gasteiger partial charge in [0.25, 0.3) is 0 Å². The van der Waals surface area contributed by atoms with E-state index in [1.807, 2.05) is 0 Å². The molecule has 14 heavy (non-hydrogen) atoms. The third-order valence-electron chi connectivity index (χ3n) is 4.11. The molecule has 0 aromatic heterocycles. The molecule has 0 heterocycles. The molecular weight excluding hydrogens is 172 g/mol. The van der Waals surface area contributed by atoms with E-state index in [9.17, 15) is 4.79 Å². The lowest BCUT2D eigenvalue weighted by molar-refractivity contribution is -0.139. The molecule has 0 aliphatic heterocycles. The largest absolute Gasteiger partial charge is 0.299 e. The van der Waals surface area contributed by atoms with E-state index in [-0.39, 0.29) is 10.8 Å². The molecule has 0 aromatic rings. The first kappa shape index (κ1) is 9.95. The Labute approximate surface area is 86.6 Å². The summed E-state index contributed by atoms with van der Waals surface area (Å²) in [6.45, 7) is 6.62. The molecule has 1 saturated carbocycles. The van der Waals surface area contributed by atoms with Gasteiger partial charge in [-0.2, -0.15) is 0 Å². The molecule has 0 saturated heterocycles. The molecule has 0 N–H and O–H groups in total. The zero-order valence-corrected chi connectivity index (χ0v) is 9.47. The molecule has 0 unspecified atom stereocenters. The molecule has 0 amide bonds. The van der Waals surface area contributed by atoms with Crippen LogP contribution in [0.2, 0.25) is 0 Å². The molecular formula is C13H20O. The second-order valence-electron chi connectivity index (χ2n) is 5.99. The zero-order chi connectivity index (χ0) is 10.4. The van der Waals surface area contributed by atoms with Gasteiger partial charge in [0.15, 0.2) is 0 Å². The van der Waals surface area contributed by atoms with Crippen LogP contribution in [0.15, 0.2) is 12.2 Å². The highest BCUT2D eigenvalue weighted by atomic mass is 16.1. The van der Waals surface area contributed by atoms with Gasteiger partial charge in [-0.15, -0.1) is 0 Å². The predicted molar refractivity (Wildman–Crippen MR) is 58.0 cm³/mol. The van der Waals surface area contributed by atoms with Crippen molar-refractivity contribution in [3.8, 4) is 0 Å². The molecule has 0 aromatic carbocycles. The lowest BCUT2D eigenvalue weighted by atomic mass is 9.56. The first-order valence-electron chi connectivity index (χ1n) is 5.62. The van der Waals surface area contributed by atoms with Crippen LogP contribution in [0.5, 0.6) is 0 Å². The fraction of sp³-hybridized carbons (Fsp3) is 0.769. The Balaban J connectivity index is 2.30. The number of allylic oxidation sites excluding steroid dienone is 2. The number of carbonyl (C=O) groups is 1. The van der Waals surface area contributed by atoms with E-state index >= 15 is 0 Å². The molecule has 2 aliphatic rings. The normalized spacial score (nSPS) is 40.8. The number of Topliss-reactive ketones (excluding diaryl/α,β-unsaturated/α-hetero) is 1. The first-order valence-corrected chi connectivity index (χ1v) is 5.62. The number of carbonyl (C=O) groups excluding carboxylic acids is 1. The Bertz CT molecular complexity index is 288. The maximum atomic E-state index is 12.1. The first-order chi connectivity index (χ1) is 6.44. The molecule has 2 atom stereocenters. The highest BCUT2D eigenvalue weighted by molar-refractivity contribution is 5.86. The molecule has 0 spiro atoms. The van der Waals surface area contributed by atoms with Gasteiger partial charge in [-0.1, -0.05) is 32.9 Å². The molecule has 1 heteroatoms. The van der Waals surface area contributed by atoms with Gasteiger partial charge in [-0.05, 0) is 30.6 Å². The summed E-state index contributed by atoms with van der Waals surface area (Å²) in [5.41, 5.74) is 0.191. The SMILES string of the molecule is CC1(C)CC(=O)[C@]2(C)CC=CC[C@@H]2C1. The van der Waals surface area contributed by atoms with E-state index in [1.54, 1.807) is 0 Å². The quantitative estimate of drug-likeness (QED) is 0.538. The summed E-state index contributed by atoms with van der Waals surface area (Å²) in [5.74, 6) is 1.08. The van der Waals surface area contributed by atoms with Crippen molar-refractivity contribution < 1.29 is 4.79 Å². The summed E-state index contributed by atoms with van der Waals surface area (Å²) in [6.07, 6.45) is 8.49. The average Bonchev–Trinajstić information content (AvgIpc) is 2.06. The van der Waals surface area contributed by atoms with Crippen molar-refractivity contribution in [2.45, 2.75) is 46.5 Å². The second-order valence-corrected chi connectivity index (χ2v) is 5.99. The minimum absolute atomic E-state index is 0.0374. The lowest BCUT2D eigenvalue weighted by Gasteiger charge is -2.47. The average molecular weight is 192 g/mol. The fourth-order valence-corrected chi connectivity index (χ4v) is 3.04. The van der Waals surface area contributed by atoms with Crippen LogP contribution in [-0.4, -0.2) is 5.78 Å². The van der Waals surface area contributed by atoms with E-state index in [1.165, 1.54) is 6.42 Å². The van der Waals surface area contributed by atoms with Crippen LogP contribution in [0.1, 0.15) is 46.5 Å². The van der Waals surface area contributed by atoms with Crippen LogP contribution in [0.3, 0.4) is 0 Å². The van der Waals surface area contributed by atoms with Crippen molar-refractivity contribution >= 4 is 5.78 Å². The standard InChI is InChI=1S/C13H20O/c1-12(2)8-10-6-4-5-7-13(10,3)11(14)9-12/h4-5,10H,6-9H2,1-3H3/t10-,13-/m1/s1. The smallest absolute Gasteiger partial charge is 0.139 e. The maximum Gasteiger partial charge on any atom is 0.139 e. The van der Waals surface area contributed by atoms with Crippen LogP contribution in [-0.2, 0) is 4.79 Å². The van der Waals surface area contributed by atoms with E-state index in [0.717, 1.165) is 19.3 Å². The van der Waals surface area contributed by atoms with Gasteiger partial charge in [0.2, 0.25) is 0 Å². The van der Waals surface area contributed by atoms with Gasteiger partial charge in [0.1, 0.15) is 5.78 Å². The molecule has 1 nitrogen and oxygen atoms in total. The molecule has 2 aliphatic carbocycles. The Hall–Kier alpha value is -0.590. The van der Waals surface area contributed by atoms with E-state index in [2.05, 4.69) is 32.9 Å². The Kier molecular flexibility index (Phi) is 2.09. The highest BCUT2D eigenvalue weighted by Crippen LogP contribution is 2.51. The Morgan fingerprint density at radius 3 is 2.71 bits per heavy atom. The van der Waals surface area contributed by atoms with Crippen molar-refractivity contribution in [3.05, 3.63) is 12.2 Å². The van der Waals surface area contributed by atoms with E-state index < -0.39 is 0 Å². The van der Waals surface area contributed by atoms with Gasteiger partial charge in [0, 0.05) is 11.8 Å². The summed E-state index contributed by atoms with van der Waals surface area (Å²) in [7, 11) is 0. The molecule has 78 valence electrons. The molecule has 0 radical (unpaired) electrons. The van der Waals surface area contributed by atoms with Crippen LogP contribution < -0.4 is 0 Å². The summed E-state index contributed by atoms with van der Waals surface area (Å²) < 4.78 is 0. The van der Waals surface area contributed by atoms with Gasteiger partial charge in [-0.3, -0.25) is 4.79 Å². The summed E-state index contributed by atoms with van der Waals surface area (Å²) in [5, 5.41) is 0. The minimum Gasteiger partial charge on any atom is -0.299 e. The Morgan fingerprint density at radius 2 is 2.00 bits per heavy atom. The van der Waals surface area contributed by atoms with Crippen molar-refractivity contribution in [1.82, 2.24) is 0 Å². The number of ketones is 1. The van der Waals surface area contributed by atoms with Crippen molar-refractivity contribution in [1.29, 1.82) is 0 Å². The van der Waals surface area contributed by atoms with Gasteiger partial charge < -0.3 is 0 Å². The topological polar surface area (TPSA) is 17.1 Å². The lowest BCUT2D eigenvalue weighted by Crippen LogP contribution is -2.45. The van der Waals surface area contributed by atoms with Crippen LogP contribution in [0, 0.1) is 16.7 Å². The van der Waals surface area contributed by atoms with Crippen molar-refractivity contribution in [2.24, 2.45) is 16.7 Å². The summed E-state index contributed by atoms with van der Waals surface area (Å²) in [6, 6.07) is 0. The maximum absolute atomic E-state index is 12.1. The molecule has 0 bridgehead atoms. The summed E-state index contributed by atoms with van der Waals surface area (Å²) >= 11 is 0. The predicted octanol–water partition coefficient (Wildman–Crippen LogP) is 3.35. The second kappa shape index (κ2) is 2.95. The van der Waals surface area contributed by atoms with Crippen molar-refractivity contribution in [3.63, 3.8) is 0 Å². The Morgan fingerprint density at radius 1 is 1.29 bits per heavy atom. The van der Waals surface area contributed by atoms with Gasteiger partial charge in [0.05, 0.1) is 0 Å². The van der Waals surface area contributed by atoms with Crippen LogP contribution in [0.25, 0.3) is 0 Å². The van der Waals surface area contributed by atoms with E-state index in [0.29, 0.717) is 11.7 Å². The third-order valence-corrected chi connectivity index (χ3v) is 4.11. The van der Waals surface area contributed by atoms with Gasteiger partial charge in [-0.25, -0.2) is 0 Å². The number of rotatable bonds is 0. The molecule has 2 rings (SSSR count). The van der Waals surface area contributed by atoms with Crippen LogP contribution >= 0.6 is 0 Å². The van der Waals surface area contributed by atoms with E-state index in [4.69, 9.17) is 0 Å². The summed E-state index contributed by atoms with van der Waals surface area (Å²) in [4.78, 5) is 12.1. The van der Waals surface area contributed by atoms with Crippen molar-refractivity contribution in [2.75, 3.05) is 0 Å². The van der Waals surface area contributed by atoms with Gasteiger partial charge >= 0.3 is 0 Å². The molecule has 1 fully saturated rings. The number of hydrogen-bond acceptors (Lipinski definition) is 1. The fourth-order valence-electron chi connectivity index (χ4n) is 3.04. The van der Waals surface area contributed by atoms with Crippen LogP contribution in [0.4, 0.5) is 0 Å². The monoisotopic (exact) mass is 192 g/mol.